The number of ketones is 1. The minimum absolute atomic E-state index is 0.0706. The Morgan fingerprint density at radius 1 is 1.22 bits per heavy atom. The SMILES string of the molecule is CCCSc1nc2n(n1)C(c1ccc(OCC(=O)N(CC)CC)c(OC)c1)C1=C(CC(C)(C)CC1=O)N2. The standard InChI is InChI=1S/C27H37N5O4S/c1-7-12-37-26-29-25-28-18-14-27(4,5)15-19(33)23(18)24(32(25)30-26)17-10-11-20(21(13-17)35-6)36-16-22(34)31(8-2)9-3/h10-11,13,24H,7-9,12,14-16H2,1-6H3,(H,28,29,30). The first-order chi connectivity index (χ1) is 17.7. The van der Waals surface area contributed by atoms with Crippen molar-refractivity contribution < 1.29 is 19.1 Å². The predicted octanol–water partition coefficient (Wildman–Crippen LogP) is 4.69. The molecule has 0 saturated carbocycles. The molecule has 4 rings (SSSR count). The van der Waals surface area contributed by atoms with Gasteiger partial charge in [-0.15, -0.1) is 5.10 Å². The lowest BCUT2D eigenvalue weighted by molar-refractivity contribution is -0.133. The maximum atomic E-state index is 13.5. The summed E-state index contributed by atoms with van der Waals surface area (Å²) in [6, 6.07) is 5.15. The molecule has 1 unspecified atom stereocenters. The minimum Gasteiger partial charge on any atom is -0.493 e. The van der Waals surface area contributed by atoms with E-state index < -0.39 is 6.04 Å². The van der Waals surface area contributed by atoms with Crippen LogP contribution in [-0.2, 0) is 9.59 Å². The Balaban J connectivity index is 1.71. The Bertz CT molecular complexity index is 1200. The molecule has 1 amide bonds. The molecule has 37 heavy (non-hydrogen) atoms. The fourth-order valence-electron chi connectivity index (χ4n) is 4.93. The lowest BCUT2D eigenvalue weighted by atomic mass is 9.73. The molecule has 2 aliphatic rings. The summed E-state index contributed by atoms with van der Waals surface area (Å²) in [6.45, 7) is 11.4. The zero-order valence-corrected chi connectivity index (χ0v) is 23.4. The number of hydrogen-bond donors (Lipinski definition) is 1. The number of aromatic nitrogens is 3. The van der Waals surface area contributed by atoms with Gasteiger partial charge in [-0.3, -0.25) is 9.59 Å². The van der Waals surface area contributed by atoms with E-state index in [-0.39, 0.29) is 23.7 Å². The lowest BCUT2D eigenvalue weighted by Gasteiger charge is -2.38. The van der Waals surface area contributed by atoms with Gasteiger partial charge in [0, 0.05) is 36.5 Å². The smallest absolute Gasteiger partial charge is 0.260 e. The normalized spacial score (nSPS) is 18.1. The van der Waals surface area contributed by atoms with Gasteiger partial charge in [0.05, 0.1) is 7.11 Å². The van der Waals surface area contributed by atoms with E-state index in [1.165, 1.54) is 0 Å². The highest BCUT2D eigenvalue weighted by atomic mass is 32.2. The number of rotatable bonds is 10. The number of nitrogens with zero attached hydrogens (tertiary/aromatic N) is 4. The van der Waals surface area contributed by atoms with Crippen molar-refractivity contribution in [2.45, 2.75) is 65.1 Å². The second-order valence-corrected chi connectivity index (χ2v) is 11.2. The van der Waals surface area contributed by atoms with Crippen LogP contribution in [0.2, 0.25) is 0 Å². The zero-order chi connectivity index (χ0) is 26.7. The second kappa shape index (κ2) is 11.2. The lowest BCUT2D eigenvalue weighted by Crippen LogP contribution is -2.36. The van der Waals surface area contributed by atoms with Crippen LogP contribution >= 0.6 is 11.8 Å². The summed E-state index contributed by atoms with van der Waals surface area (Å²) in [5.74, 6) is 2.55. The molecule has 1 aliphatic heterocycles. The van der Waals surface area contributed by atoms with Crippen LogP contribution in [0.5, 0.6) is 11.5 Å². The van der Waals surface area contributed by atoms with Gasteiger partial charge >= 0.3 is 0 Å². The van der Waals surface area contributed by atoms with Gasteiger partial charge in [0.2, 0.25) is 11.1 Å². The Morgan fingerprint density at radius 2 is 1.97 bits per heavy atom. The molecule has 0 radical (unpaired) electrons. The highest BCUT2D eigenvalue weighted by molar-refractivity contribution is 7.99. The second-order valence-electron chi connectivity index (χ2n) is 10.1. The maximum absolute atomic E-state index is 13.5. The fraction of sp³-hybridized carbons (Fsp3) is 0.556. The van der Waals surface area contributed by atoms with Crippen molar-refractivity contribution in [3.05, 3.63) is 35.0 Å². The number of carbonyl (C=O) groups excluding carboxylic acids is 2. The zero-order valence-electron chi connectivity index (χ0n) is 22.6. The third-order valence-electron chi connectivity index (χ3n) is 6.72. The molecule has 1 aliphatic carbocycles. The molecule has 9 nitrogen and oxygen atoms in total. The molecule has 1 atom stereocenters. The number of likely N-dealkylation sites (N-methyl/N-ethyl adjacent to an activating group) is 1. The number of ether oxygens (including phenoxy) is 2. The summed E-state index contributed by atoms with van der Waals surface area (Å²) in [5.41, 5.74) is 2.33. The average Bonchev–Trinajstić information content (AvgIpc) is 3.27. The minimum atomic E-state index is -0.432. The van der Waals surface area contributed by atoms with E-state index in [2.05, 4.69) is 26.1 Å². The maximum Gasteiger partial charge on any atom is 0.260 e. The van der Waals surface area contributed by atoms with Gasteiger partial charge in [-0.25, -0.2) is 4.68 Å². The van der Waals surface area contributed by atoms with Crippen LogP contribution in [-0.4, -0.2) is 63.9 Å². The van der Waals surface area contributed by atoms with E-state index in [0.29, 0.717) is 42.1 Å². The Hall–Kier alpha value is -3.01. The predicted molar refractivity (Wildman–Crippen MR) is 144 cm³/mol. The summed E-state index contributed by atoms with van der Waals surface area (Å²) in [7, 11) is 1.57. The number of hydrogen-bond acceptors (Lipinski definition) is 8. The van der Waals surface area contributed by atoms with Gasteiger partial charge in [-0.1, -0.05) is 38.6 Å². The van der Waals surface area contributed by atoms with Crippen LogP contribution in [0.15, 0.2) is 34.6 Å². The van der Waals surface area contributed by atoms with Gasteiger partial charge in [0.25, 0.3) is 5.91 Å². The molecule has 10 heteroatoms. The highest BCUT2D eigenvalue weighted by Gasteiger charge is 2.42. The van der Waals surface area contributed by atoms with Crippen molar-refractivity contribution in [2.75, 3.05) is 37.9 Å². The molecule has 1 N–H and O–H groups in total. The number of anilines is 1. The summed E-state index contributed by atoms with van der Waals surface area (Å²) >= 11 is 1.60. The van der Waals surface area contributed by atoms with Gasteiger partial charge in [-0.05, 0) is 49.8 Å². The molecule has 0 fully saturated rings. The van der Waals surface area contributed by atoms with Crippen molar-refractivity contribution in [1.29, 1.82) is 0 Å². The molecule has 0 saturated heterocycles. The van der Waals surface area contributed by atoms with Crippen molar-refractivity contribution in [2.24, 2.45) is 5.41 Å². The summed E-state index contributed by atoms with van der Waals surface area (Å²) in [5, 5.41) is 8.88. The third-order valence-corrected chi connectivity index (χ3v) is 7.76. The van der Waals surface area contributed by atoms with Crippen LogP contribution in [0.25, 0.3) is 0 Å². The number of benzene rings is 1. The van der Waals surface area contributed by atoms with Gasteiger partial charge in [0.15, 0.2) is 23.9 Å². The molecule has 200 valence electrons. The van der Waals surface area contributed by atoms with Crippen LogP contribution in [0.3, 0.4) is 0 Å². The Labute approximate surface area is 223 Å². The Kier molecular flexibility index (Phi) is 8.16. The molecule has 0 spiro atoms. The van der Waals surface area contributed by atoms with Crippen LogP contribution in [0.1, 0.15) is 65.5 Å². The summed E-state index contributed by atoms with van der Waals surface area (Å²) in [4.78, 5) is 32.4. The monoisotopic (exact) mass is 527 g/mol. The number of carbonyl (C=O) groups is 2. The van der Waals surface area contributed by atoms with Gasteiger partial charge < -0.3 is 19.7 Å². The van der Waals surface area contributed by atoms with Crippen molar-refractivity contribution in [3.63, 3.8) is 0 Å². The number of fused-ring (bicyclic) bond motifs is 1. The highest BCUT2D eigenvalue weighted by Crippen LogP contribution is 2.46. The van der Waals surface area contributed by atoms with Crippen molar-refractivity contribution in [1.82, 2.24) is 19.7 Å². The van der Waals surface area contributed by atoms with Gasteiger partial charge in [-0.2, -0.15) is 4.98 Å². The molecule has 2 heterocycles. The third kappa shape index (κ3) is 5.63. The quantitative estimate of drug-likeness (QED) is 0.444. The largest absolute Gasteiger partial charge is 0.493 e. The molecular formula is C27H37N5O4S. The number of thioether (sulfide) groups is 1. The summed E-state index contributed by atoms with van der Waals surface area (Å²) < 4.78 is 13.3. The first kappa shape index (κ1) is 27.0. The number of allylic oxidation sites excluding steroid dienone is 2. The molecule has 1 aromatic heterocycles. The van der Waals surface area contributed by atoms with E-state index >= 15 is 0 Å². The van der Waals surface area contributed by atoms with E-state index in [0.717, 1.165) is 35.4 Å². The number of nitrogens with one attached hydrogen (secondary N) is 1. The Morgan fingerprint density at radius 3 is 2.65 bits per heavy atom. The molecule has 0 bridgehead atoms. The van der Waals surface area contributed by atoms with E-state index in [9.17, 15) is 9.59 Å². The van der Waals surface area contributed by atoms with Crippen LogP contribution in [0.4, 0.5) is 5.95 Å². The molecule has 1 aromatic carbocycles. The first-order valence-corrected chi connectivity index (χ1v) is 13.9. The van der Waals surface area contributed by atoms with E-state index in [1.807, 2.05) is 30.7 Å². The fourth-order valence-corrected chi connectivity index (χ4v) is 5.62. The first-order valence-electron chi connectivity index (χ1n) is 12.9. The van der Waals surface area contributed by atoms with Gasteiger partial charge in [0.1, 0.15) is 6.04 Å². The molecule has 2 aromatic rings. The molecular weight excluding hydrogens is 490 g/mol. The van der Waals surface area contributed by atoms with Crippen molar-refractivity contribution >= 4 is 29.4 Å². The topological polar surface area (TPSA) is 98.6 Å². The van der Waals surface area contributed by atoms with Crippen LogP contribution in [0, 0.1) is 5.41 Å². The van der Waals surface area contributed by atoms with Crippen molar-refractivity contribution in [3.8, 4) is 11.5 Å². The number of Topliss-reactive ketones (excluding diaryl/α,β-unsaturated/α-hetero) is 1. The van der Waals surface area contributed by atoms with E-state index in [1.54, 1.807) is 29.8 Å². The van der Waals surface area contributed by atoms with E-state index in [4.69, 9.17) is 19.6 Å². The average molecular weight is 528 g/mol. The summed E-state index contributed by atoms with van der Waals surface area (Å²) in [6.07, 6.45) is 2.24. The van der Waals surface area contributed by atoms with Crippen LogP contribution < -0.4 is 14.8 Å². The number of methoxy groups -OCH3 is 1. The number of amides is 1.